The average molecular weight is 539 g/mol. The minimum absolute atomic E-state index is 0.130. The number of rotatable bonds is 3. The second kappa shape index (κ2) is 9.03. The van der Waals surface area contributed by atoms with E-state index in [-0.39, 0.29) is 11.6 Å². The number of hydrogen-bond acceptors (Lipinski definition) is 5. The number of piperazine rings is 1. The number of carbonyl (C=O) groups excluding carboxylic acids is 2. The Balaban J connectivity index is 1.52. The molecule has 0 saturated carbocycles. The third-order valence-electron chi connectivity index (χ3n) is 7.10. The Kier molecular flexibility index (Phi) is 6.15. The summed E-state index contributed by atoms with van der Waals surface area (Å²) in [6.45, 7) is 9.97. The van der Waals surface area contributed by atoms with Crippen molar-refractivity contribution in [2.45, 2.75) is 58.2 Å². The molecule has 1 fully saturated rings. The number of aliphatic imine (C=N–C) groups is 1. The molecule has 8 nitrogen and oxygen atoms in total. The van der Waals surface area contributed by atoms with Gasteiger partial charge in [-0.1, -0.05) is 32.9 Å². The number of hydrogen-bond donors (Lipinski definition) is 0. The maximum Gasteiger partial charge on any atom is 0.416 e. The Labute approximate surface area is 223 Å². The minimum atomic E-state index is -4.44. The summed E-state index contributed by atoms with van der Waals surface area (Å²) in [5.74, 6) is -0.0321. The molecule has 1 aromatic carbocycles. The largest absolute Gasteiger partial charge is 0.416 e. The molecule has 4 heterocycles. The van der Waals surface area contributed by atoms with Gasteiger partial charge in [0.05, 0.1) is 17.5 Å². The molecule has 0 N–H and O–H groups in total. The Morgan fingerprint density at radius 3 is 2.33 bits per heavy atom. The summed E-state index contributed by atoms with van der Waals surface area (Å²) in [4.78, 5) is 39.1. The number of aromatic nitrogens is 3. The van der Waals surface area contributed by atoms with Crippen LogP contribution in [0.4, 0.5) is 13.2 Å². The van der Waals surface area contributed by atoms with E-state index in [4.69, 9.17) is 0 Å². The number of benzene rings is 1. The molecule has 2 aromatic heterocycles. The van der Waals surface area contributed by atoms with Crippen LogP contribution in [0.1, 0.15) is 62.7 Å². The standard InChI is InChI=1S/C28H29F3N6O2/c1-26(2,3)19-15-20(17-8-10-18(11-9-17)28(29,30)31)34-37-16-21(33-23(19)37)24(38)36-14-13-35(22-7-6-12-32-22)25(39)27(36,4)5/h7-12,15-16H,6,13-14H2,1-5H3. The normalized spacial score (nSPS) is 17.7. The first-order valence-corrected chi connectivity index (χ1v) is 12.6. The number of amides is 2. The summed E-state index contributed by atoms with van der Waals surface area (Å²) in [6.07, 6.45) is 1.36. The van der Waals surface area contributed by atoms with E-state index in [1.165, 1.54) is 27.7 Å². The highest BCUT2D eigenvalue weighted by molar-refractivity contribution is 5.99. The predicted octanol–water partition coefficient (Wildman–Crippen LogP) is 5.09. The Morgan fingerprint density at radius 2 is 1.74 bits per heavy atom. The van der Waals surface area contributed by atoms with E-state index in [0.29, 0.717) is 42.2 Å². The topological polar surface area (TPSA) is 83.2 Å². The van der Waals surface area contributed by atoms with Gasteiger partial charge in [0.2, 0.25) is 0 Å². The van der Waals surface area contributed by atoms with Crippen LogP contribution in [-0.4, -0.2) is 61.1 Å². The van der Waals surface area contributed by atoms with Crippen LogP contribution in [0.5, 0.6) is 0 Å². The maximum absolute atomic E-state index is 13.7. The second-order valence-corrected chi connectivity index (χ2v) is 11.2. The van der Waals surface area contributed by atoms with E-state index in [9.17, 15) is 22.8 Å². The Bertz CT molecular complexity index is 1530. The zero-order valence-corrected chi connectivity index (χ0v) is 22.4. The lowest BCUT2D eigenvalue weighted by Crippen LogP contribution is -2.64. The van der Waals surface area contributed by atoms with E-state index in [1.807, 2.05) is 26.8 Å². The zero-order chi connectivity index (χ0) is 28.3. The first-order valence-electron chi connectivity index (χ1n) is 12.6. The molecule has 11 heteroatoms. The molecule has 2 aliphatic heterocycles. The third-order valence-corrected chi connectivity index (χ3v) is 7.10. The number of halogens is 3. The fourth-order valence-corrected chi connectivity index (χ4v) is 4.88. The van der Waals surface area contributed by atoms with Crippen LogP contribution in [0, 0.1) is 0 Å². The number of carbonyl (C=O) groups is 2. The fraction of sp³-hybridized carbons (Fsp3) is 0.393. The van der Waals surface area contributed by atoms with Crippen LogP contribution in [0.15, 0.2) is 53.4 Å². The molecule has 0 spiro atoms. The van der Waals surface area contributed by atoms with Gasteiger partial charge in [0.25, 0.3) is 11.8 Å². The van der Waals surface area contributed by atoms with Gasteiger partial charge in [-0.15, -0.1) is 0 Å². The number of alkyl halides is 3. The molecule has 5 rings (SSSR count). The average Bonchev–Trinajstić information content (AvgIpc) is 3.54. The molecule has 2 amide bonds. The molecular formula is C28H29F3N6O2. The molecule has 3 aromatic rings. The molecule has 39 heavy (non-hydrogen) atoms. The third kappa shape index (κ3) is 4.70. The van der Waals surface area contributed by atoms with Crippen LogP contribution in [0.3, 0.4) is 0 Å². The molecule has 0 bridgehead atoms. The molecule has 0 aliphatic carbocycles. The van der Waals surface area contributed by atoms with Crippen LogP contribution in [0.2, 0.25) is 0 Å². The molecule has 1 saturated heterocycles. The van der Waals surface area contributed by atoms with E-state index in [2.05, 4.69) is 15.1 Å². The number of fused-ring (bicyclic) bond motifs is 1. The van der Waals surface area contributed by atoms with Crippen molar-refractivity contribution in [1.29, 1.82) is 0 Å². The highest BCUT2D eigenvalue weighted by atomic mass is 19.4. The van der Waals surface area contributed by atoms with E-state index in [0.717, 1.165) is 17.7 Å². The highest BCUT2D eigenvalue weighted by Crippen LogP contribution is 2.34. The second-order valence-electron chi connectivity index (χ2n) is 11.2. The lowest BCUT2D eigenvalue weighted by atomic mass is 9.87. The molecule has 0 unspecified atom stereocenters. The van der Waals surface area contributed by atoms with E-state index < -0.39 is 28.6 Å². The van der Waals surface area contributed by atoms with Gasteiger partial charge >= 0.3 is 6.18 Å². The van der Waals surface area contributed by atoms with Crippen molar-refractivity contribution in [3.8, 4) is 11.3 Å². The summed E-state index contributed by atoms with van der Waals surface area (Å²) in [6, 6.07) is 6.59. The summed E-state index contributed by atoms with van der Waals surface area (Å²) >= 11 is 0. The van der Waals surface area contributed by atoms with Crippen molar-refractivity contribution in [2.24, 2.45) is 4.99 Å². The van der Waals surface area contributed by atoms with Crippen molar-refractivity contribution in [2.75, 3.05) is 13.1 Å². The Morgan fingerprint density at radius 1 is 1.05 bits per heavy atom. The molecule has 204 valence electrons. The smallest absolute Gasteiger partial charge is 0.321 e. The molecule has 0 radical (unpaired) electrons. The van der Waals surface area contributed by atoms with E-state index in [1.54, 1.807) is 31.0 Å². The first kappa shape index (κ1) is 26.6. The van der Waals surface area contributed by atoms with Crippen molar-refractivity contribution < 1.29 is 22.8 Å². The van der Waals surface area contributed by atoms with Crippen molar-refractivity contribution in [3.63, 3.8) is 0 Å². The quantitative estimate of drug-likeness (QED) is 0.465. The molecular weight excluding hydrogens is 509 g/mol. The van der Waals surface area contributed by atoms with Crippen LogP contribution < -0.4 is 0 Å². The van der Waals surface area contributed by atoms with Crippen LogP contribution in [-0.2, 0) is 16.4 Å². The van der Waals surface area contributed by atoms with E-state index >= 15 is 0 Å². The van der Waals surface area contributed by atoms with Gasteiger partial charge in [0.15, 0.2) is 5.65 Å². The first-order chi connectivity index (χ1) is 18.2. The number of nitrogens with zero attached hydrogens (tertiary/aromatic N) is 6. The fourth-order valence-electron chi connectivity index (χ4n) is 4.88. The summed E-state index contributed by atoms with van der Waals surface area (Å²) in [7, 11) is 0. The lowest BCUT2D eigenvalue weighted by Gasteiger charge is -2.45. The monoisotopic (exact) mass is 538 g/mol. The SMILES string of the molecule is CC(C)(C)c1cc(-c2ccc(C(F)(F)F)cc2)nn2cc(C(=O)N3CCN(C4=CCC=N4)C(=O)C3(C)C)nc12. The van der Waals surface area contributed by atoms with Gasteiger partial charge in [-0.2, -0.15) is 18.3 Å². The summed E-state index contributed by atoms with van der Waals surface area (Å²) < 4.78 is 40.7. The molecule has 2 aliphatic rings. The Hall–Kier alpha value is -4.02. The minimum Gasteiger partial charge on any atom is -0.321 e. The zero-order valence-electron chi connectivity index (χ0n) is 22.4. The van der Waals surface area contributed by atoms with Gasteiger partial charge in [0.1, 0.15) is 17.1 Å². The van der Waals surface area contributed by atoms with Gasteiger partial charge < -0.3 is 4.90 Å². The van der Waals surface area contributed by atoms with Gasteiger partial charge in [-0.25, -0.2) is 14.5 Å². The summed E-state index contributed by atoms with van der Waals surface area (Å²) in [5.41, 5.74) is 0.0446. The van der Waals surface area contributed by atoms with Gasteiger partial charge in [-0.05, 0) is 43.5 Å². The van der Waals surface area contributed by atoms with Gasteiger partial charge in [0, 0.05) is 36.9 Å². The van der Waals surface area contributed by atoms with Crippen molar-refractivity contribution in [1.82, 2.24) is 24.4 Å². The summed E-state index contributed by atoms with van der Waals surface area (Å²) in [5, 5.41) is 4.58. The number of allylic oxidation sites excluding steroid dienone is 1. The van der Waals surface area contributed by atoms with Crippen LogP contribution >= 0.6 is 0 Å². The van der Waals surface area contributed by atoms with Crippen LogP contribution in [0.25, 0.3) is 16.9 Å². The van der Waals surface area contributed by atoms with Gasteiger partial charge in [-0.3, -0.25) is 14.5 Å². The highest BCUT2D eigenvalue weighted by Gasteiger charge is 2.46. The molecule has 0 atom stereocenters. The maximum atomic E-state index is 13.7. The number of imidazole rings is 1. The van der Waals surface area contributed by atoms with Crippen molar-refractivity contribution in [3.05, 3.63) is 65.2 Å². The lowest BCUT2D eigenvalue weighted by molar-refractivity contribution is -0.144. The van der Waals surface area contributed by atoms with Crippen molar-refractivity contribution >= 4 is 23.7 Å². The predicted molar refractivity (Wildman–Crippen MR) is 140 cm³/mol.